The van der Waals surface area contributed by atoms with E-state index in [-0.39, 0.29) is 49.0 Å². The largest absolute Gasteiger partial charge is 0.497 e. The summed E-state index contributed by atoms with van der Waals surface area (Å²) in [5.41, 5.74) is 1.03. The number of methoxy groups -OCH3 is 1. The number of carbonyl (C=O) groups is 2. The molecule has 2 aromatic carbocycles. The normalized spacial score (nSPS) is 20.8. The summed E-state index contributed by atoms with van der Waals surface area (Å²) in [6.45, 7) is 6.24. The van der Waals surface area contributed by atoms with Crippen LogP contribution in [0.3, 0.4) is 0 Å². The number of rotatable bonds is 8. The average Bonchev–Trinajstić information content (AvgIpc) is 2.98. The first-order chi connectivity index (χ1) is 20.8. The summed E-state index contributed by atoms with van der Waals surface area (Å²) in [4.78, 5) is 30.2. The maximum absolute atomic E-state index is 14.1. The maximum atomic E-state index is 14.1. The first kappa shape index (κ1) is 34.9. The Morgan fingerprint density at radius 1 is 1.16 bits per heavy atom. The number of aliphatic hydroxyl groups is 1. The van der Waals surface area contributed by atoms with E-state index < -0.39 is 28.1 Å². The minimum Gasteiger partial charge on any atom is -0.497 e. The predicted molar refractivity (Wildman–Crippen MR) is 170 cm³/mol. The Labute approximate surface area is 260 Å². The Morgan fingerprint density at radius 3 is 2.48 bits per heavy atom. The lowest BCUT2D eigenvalue weighted by atomic mass is 10.0. The van der Waals surface area contributed by atoms with Gasteiger partial charge in [-0.1, -0.05) is 6.92 Å². The molecule has 1 aliphatic heterocycles. The molecule has 4 atom stereocenters. The SMILES string of the molecule is COc1ccc(NC(=O)N(C)C[C@@H]2OCCCC[C@H](C)Oc3ccc(NS(C)(=O)=O)cc3C(=O)N([C@@H](C)CO)C[C@@H]2C)cc1. The van der Waals surface area contributed by atoms with Gasteiger partial charge in [0.1, 0.15) is 11.5 Å². The third-order valence-electron chi connectivity index (χ3n) is 7.50. The van der Waals surface area contributed by atoms with Crippen LogP contribution in [0.4, 0.5) is 16.2 Å². The van der Waals surface area contributed by atoms with E-state index in [0.29, 0.717) is 30.2 Å². The fourth-order valence-electron chi connectivity index (χ4n) is 4.91. The summed E-state index contributed by atoms with van der Waals surface area (Å²) in [5, 5.41) is 13.0. The van der Waals surface area contributed by atoms with E-state index in [2.05, 4.69) is 10.0 Å². The summed E-state index contributed by atoms with van der Waals surface area (Å²) in [6.07, 6.45) is 2.71. The van der Waals surface area contributed by atoms with E-state index in [1.54, 1.807) is 67.3 Å². The Morgan fingerprint density at radius 2 is 1.84 bits per heavy atom. The van der Waals surface area contributed by atoms with Gasteiger partial charge in [0.15, 0.2) is 0 Å². The summed E-state index contributed by atoms with van der Waals surface area (Å²) in [6, 6.07) is 10.8. The number of urea groups is 1. The van der Waals surface area contributed by atoms with Gasteiger partial charge in [0.05, 0.1) is 43.8 Å². The van der Waals surface area contributed by atoms with Crippen LogP contribution < -0.4 is 19.5 Å². The molecule has 0 aromatic heterocycles. The predicted octanol–water partition coefficient (Wildman–Crippen LogP) is 4.03. The zero-order chi connectivity index (χ0) is 32.4. The number of sulfonamides is 1. The first-order valence-electron chi connectivity index (χ1n) is 14.8. The summed E-state index contributed by atoms with van der Waals surface area (Å²) in [5.74, 6) is 0.358. The van der Waals surface area contributed by atoms with Crippen molar-refractivity contribution in [2.75, 3.05) is 56.8 Å². The van der Waals surface area contributed by atoms with Gasteiger partial charge in [0.2, 0.25) is 10.0 Å². The molecular weight excluding hydrogens is 588 g/mol. The van der Waals surface area contributed by atoms with Crippen LogP contribution in [0.15, 0.2) is 42.5 Å². The number of fused-ring (bicyclic) bond motifs is 1. The lowest BCUT2D eigenvalue weighted by molar-refractivity contribution is -0.0115. The molecule has 0 saturated carbocycles. The van der Waals surface area contributed by atoms with Crippen molar-refractivity contribution in [1.82, 2.24) is 9.80 Å². The molecule has 0 radical (unpaired) electrons. The number of hydrogen-bond acceptors (Lipinski definition) is 8. The Hall–Kier alpha value is -3.55. The van der Waals surface area contributed by atoms with Crippen molar-refractivity contribution in [2.45, 2.75) is 58.3 Å². The highest BCUT2D eigenvalue weighted by atomic mass is 32.2. The second-order valence-electron chi connectivity index (χ2n) is 11.4. The quantitative estimate of drug-likeness (QED) is 0.395. The number of benzene rings is 2. The molecule has 244 valence electrons. The van der Waals surface area contributed by atoms with Gasteiger partial charge in [-0.05, 0) is 75.6 Å². The van der Waals surface area contributed by atoms with Crippen molar-refractivity contribution in [3.63, 3.8) is 0 Å². The van der Waals surface area contributed by atoms with E-state index in [1.165, 1.54) is 6.07 Å². The standard InChI is InChI=1S/C31H46N4O8S/c1-21-18-35(22(2)20-36)30(37)27-17-25(33-44(6,39)40)12-15-28(27)43-23(3)9-7-8-16-42-29(21)19-34(4)31(38)32-24-10-13-26(41-5)14-11-24/h10-15,17,21-23,29,33,36H,7-9,16,18-20H2,1-6H3,(H,32,38)/t21-,22-,23-,29-/m0/s1. The number of nitrogens with one attached hydrogen (secondary N) is 2. The summed E-state index contributed by atoms with van der Waals surface area (Å²) >= 11 is 0. The van der Waals surface area contributed by atoms with Gasteiger partial charge < -0.3 is 34.4 Å². The van der Waals surface area contributed by atoms with Crippen LogP contribution in [-0.2, 0) is 14.8 Å². The van der Waals surface area contributed by atoms with E-state index in [0.717, 1.165) is 19.1 Å². The lowest BCUT2D eigenvalue weighted by Crippen LogP contribution is -2.48. The minimum absolute atomic E-state index is 0.184. The van der Waals surface area contributed by atoms with Crippen molar-refractivity contribution in [2.24, 2.45) is 5.92 Å². The molecule has 3 amide bonds. The van der Waals surface area contributed by atoms with Gasteiger partial charge >= 0.3 is 6.03 Å². The van der Waals surface area contributed by atoms with Gasteiger partial charge in [-0.15, -0.1) is 0 Å². The number of aliphatic hydroxyl groups excluding tert-OH is 1. The van der Waals surface area contributed by atoms with E-state index in [4.69, 9.17) is 14.2 Å². The molecule has 0 spiro atoms. The molecule has 3 N–H and O–H groups in total. The van der Waals surface area contributed by atoms with Gasteiger partial charge in [-0.25, -0.2) is 13.2 Å². The van der Waals surface area contributed by atoms with Crippen LogP contribution in [0.5, 0.6) is 11.5 Å². The van der Waals surface area contributed by atoms with Crippen molar-refractivity contribution in [3.05, 3.63) is 48.0 Å². The minimum atomic E-state index is -3.59. The topological polar surface area (TPSA) is 147 Å². The van der Waals surface area contributed by atoms with Gasteiger partial charge in [0.25, 0.3) is 5.91 Å². The molecule has 44 heavy (non-hydrogen) atoms. The monoisotopic (exact) mass is 634 g/mol. The molecule has 2 aromatic rings. The Bertz CT molecular complexity index is 1350. The molecule has 12 nitrogen and oxygen atoms in total. The number of carbonyl (C=O) groups excluding carboxylic acids is 2. The number of likely N-dealkylation sites (N-methyl/N-ethyl adjacent to an activating group) is 1. The molecule has 0 bridgehead atoms. The fraction of sp³-hybridized carbons (Fsp3) is 0.548. The number of anilines is 2. The third kappa shape index (κ3) is 10.3. The van der Waals surface area contributed by atoms with Gasteiger partial charge in [-0.2, -0.15) is 0 Å². The van der Waals surface area contributed by atoms with Crippen LogP contribution in [0.25, 0.3) is 0 Å². The number of ether oxygens (including phenoxy) is 3. The maximum Gasteiger partial charge on any atom is 0.321 e. The third-order valence-corrected chi connectivity index (χ3v) is 8.10. The second-order valence-corrected chi connectivity index (χ2v) is 13.2. The van der Waals surface area contributed by atoms with Crippen LogP contribution in [0.1, 0.15) is 50.4 Å². The molecule has 0 saturated heterocycles. The highest BCUT2D eigenvalue weighted by Crippen LogP contribution is 2.29. The summed E-state index contributed by atoms with van der Waals surface area (Å²) in [7, 11) is -0.328. The Kier molecular flexibility index (Phi) is 12.7. The molecular formula is C31H46N4O8S. The molecule has 0 fully saturated rings. The number of amides is 3. The summed E-state index contributed by atoms with van der Waals surface area (Å²) < 4.78 is 43.9. The van der Waals surface area contributed by atoms with Crippen LogP contribution >= 0.6 is 0 Å². The zero-order valence-corrected chi connectivity index (χ0v) is 27.2. The van der Waals surface area contributed by atoms with Crippen LogP contribution in [-0.4, -0.2) is 100 Å². The van der Waals surface area contributed by atoms with Crippen molar-refractivity contribution in [3.8, 4) is 11.5 Å². The number of nitrogens with zero attached hydrogens (tertiary/aromatic N) is 2. The average molecular weight is 635 g/mol. The molecule has 0 unspecified atom stereocenters. The molecule has 1 heterocycles. The Balaban J connectivity index is 1.88. The van der Waals surface area contributed by atoms with Crippen LogP contribution in [0, 0.1) is 5.92 Å². The molecule has 1 aliphatic rings. The first-order valence-corrected chi connectivity index (χ1v) is 16.7. The van der Waals surface area contributed by atoms with E-state index in [1.807, 2.05) is 13.8 Å². The second kappa shape index (κ2) is 16.0. The molecule has 13 heteroatoms. The van der Waals surface area contributed by atoms with Gasteiger partial charge in [0, 0.05) is 44.0 Å². The lowest BCUT2D eigenvalue weighted by Gasteiger charge is -2.35. The highest BCUT2D eigenvalue weighted by molar-refractivity contribution is 7.92. The zero-order valence-electron chi connectivity index (χ0n) is 26.4. The molecule has 0 aliphatic carbocycles. The van der Waals surface area contributed by atoms with Crippen molar-refractivity contribution in [1.29, 1.82) is 0 Å². The van der Waals surface area contributed by atoms with Crippen molar-refractivity contribution < 1.29 is 37.3 Å². The van der Waals surface area contributed by atoms with Crippen LogP contribution in [0.2, 0.25) is 0 Å². The molecule has 3 rings (SSSR count). The van der Waals surface area contributed by atoms with Gasteiger partial charge in [-0.3, -0.25) is 9.52 Å². The van der Waals surface area contributed by atoms with Crippen molar-refractivity contribution >= 4 is 33.3 Å². The number of hydrogen-bond donors (Lipinski definition) is 3. The van der Waals surface area contributed by atoms with E-state index in [9.17, 15) is 23.1 Å². The fourth-order valence-corrected chi connectivity index (χ4v) is 5.46. The smallest absolute Gasteiger partial charge is 0.321 e. The highest BCUT2D eigenvalue weighted by Gasteiger charge is 2.31. The van der Waals surface area contributed by atoms with E-state index >= 15 is 0 Å².